The minimum absolute atomic E-state index is 0.111. The summed E-state index contributed by atoms with van der Waals surface area (Å²) in [4.78, 5) is 23.3. The van der Waals surface area contributed by atoms with E-state index in [4.69, 9.17) is 5.11 Å². The molecule has 0 unspecified atom stereocenters. The molecule has 0 aliphatic heterocycles. The van der Waals surface area contributed by atoms with Gasteiger partial charge < -0.3 is 10.4 Å². The number of nitrogens with one attached hydrogen (secondary N) is 1. The molecule has 25 heavy (non-hydrogen) atoms. The highest BCUT2D eigenvalue weighted by Gasteiger charge is 2.11. The number of carboxylic acid groups (broad SMARTS) is 1. The summed E-state index contributed by atoms with van der Waals surface area (Å²) in [5.41, 5.74) is 1.99. The van der Waals surface area contributed by atoms with Crippen molar-refractivity contribution in [3.63, 3.8) is 0 Å². The van der Waals surface area contributed by atoms with Gasteiger partial charge in [-0.2, -0.15) is 0 Å². The molecule has 2 N–H and O–H groups in total. The number of amides is 1. The second-order valence-corrected chi connectivity index (χ2v) is 5.80. The number of nitrogens with zero attached hydrogens (tertiary/aromatic N) is 3. The van der Waals surface area contributed by atoms with Crippen LogP contribution in [0, 0.1) is 6.92 Å². The van der Waals surface area contributed by atoms with E-state index in [-0.39, 0.29) is 11.5 Å². The number of carbonyl (C=O) groups is 2. The number of carbonyl (C=O) groups excluding carboxylic acids is 1. The minimum atomic E-state index is -1.04. The summed E-state index contributed by atoms with van der Waals surface area (Å²) in [6.45, 7) is 2.23. The molecule has 0 saturated carbocycles. The Kier molecular flexibility index (Phi) is 4.74. The second-order valence-electron chi connectivity index (χ2n) is 5.80. The largest absolute Gasteiger partial charge is 0.478 e. The molecule has 3 aromatic rings. The van der Waals surface area contributed by atoms with Gasteiger partial charge in [-0.1, -0.05) is 6.07 Å². The first-order valence-electron chi connectivity index (χ1n) is 7.96. The first-order valence-corrected chi connectivity index (χ1v) is 7.96. The summed E-state index contributed by atoms with van der Waals surface area (Å²) in [6.07, 6.45) is 3.29. The predicted molar refractivity (Wildman–Crippen MR) is 91.8 cm³/mol. The SMILES string of the molecule is Cc1cc(C(=O)O)cc(C(=O)NCCCc2nnc3ccccn23)c1. The van der Waals surface area contributed by atoms with E-state index in [2.05, 4.69) is 15.5 Å². The lowest BCUT2D eigenvalue weighted by molar-refractivity contribution is 0.0696. The van der Waals surface area contributed by atoms with E-state index in [1.54, 1.807) is 13.0 Å². The Morgan fingerprint density at radius 3 is 2.76 bits per heavy atom. The Morgan fingerprint density at radius 1 is 1.16 bits per heavy atom. The normalized spacial score (nSPS) is 10.8. The summed E-state index contributed by atoms with van der Waals surface area (Å²) >= 11 is 0. The summed E-state index contributed by atoms with van der Waals surface area (Å²) in [5.74, 6) is -0.484. The smallest absolute Gasteiger partial charge is 0.335 e. The molecule has 3 rings (SSSR count). The van der Waals surface area contributed by atoms with Gasteiger partial charge in [0.25, 0.3) is 5.91 Å². The fraction of sp³-hybridized carbons (Fsp3) is 0.222. The van der Waals surface area contributed by atoms with Crippen molar-refractivity contribution in [1.29, 1.82) is 0 Å². The van der Waals surface area contributed by atoms with E-state index in [1.165, 1.54) is 12.1 Å². The van der Waals surface area contributed by atoms with Gasteiger partial charge in [0, 0.05) is 24.7 Å². The molecule has 7 nitrogen and oxygen atoms in total. The van der Waals surface area contributed by atoms with Crippen molar-refractivity contribution >= 4 is 17.5 Å². The van der Waals surface area contributed by atoms with Crippen LogP contribution in [-0.4, -0.2) is 38.1 Å². The Balaban J connectivity index is 1.57. The first-order chi connectivity index (χ1) is 12.0. The van der Waals surface area contributed by atoms with Crippen LogP contribution in [0.25, 0.3) is 5.65 Å². The van der Waals surface area contributed by atoms with Crippen molar-refractivity contribution in [2.24, 2.45) is 0 Å². The van der Waals surface area contributed by atoms with Crippen LogP contribution in [0.1, 0.15) is 38.5 Å². The number of fused-ring (bicyclic) bond motifs is 1. The lowest BCUT2D eigenvalue weighted by Crippen LogP contribution is -2.25. The highest BCUT2D eigenvalue weighted by atomic mass is 16.4. The third-order valence-electron chi connectivity index (χ3n) is 3.83. The van der Waals surface area contributed by atoms with E-state index in [1.807, 2.05) is 28.8 Å². The molecule has 0 saturated heterocycles. The maximum absolute atomic E-state index is 12.2. The molecular formula is C18H18N4O3. The van der Waals surface area contributed by atoms with Gasteiger partial charge in [-0.05, 0) is 49.2 Å². The molecule has 0 aliphatic carbocycles. The summed E-state index contributed by atoms with van der Waals surface area (Å²) in [6, 6.07) is 10.3. The van der Waals surface area contributed by atoms with E-state index < -0.39 is 5.97 Å². The molecule has 0 aliphatic rings. The maximum Gasteiger partial charge on any atom is 0.335 e. The molecule has 2 aromatic heterocycles. The molecule has 2 heterocycles. The third kappa shape index (κ3) is 3.82. The molecule has 0 radical (unpaired) electrons. The zero-order chi connectivity index (χ0) is 17.8. The average Bonchev–Trinajstić information content (AvgIpc) is 3.01. The van der Waals surface area contributed by atoms with Crippen LogP contribution < -0.4 is 5.32 Å². The number of aryl methyl sites for hydroxylation is 2. The first kappa shape index (κ1) is 16.6. The zero-order valence-electron chi connectivity index (χ0n) is 13.8. The molecule has 0 spiro atoms. The fourth-order valence-electron chi connectivity index (χ4n) is 2.65. The van der Waals surface area contributed by atoms with Gasteiger partial charge in [0.05, 0.1) is 5.56 Å². The lowest BCUT2D eigenvalue weighted by atomic mass is 10.1. The molecule has 128 valence electrons. The Hall–Kier alpha value is -3.22. The maximum atomic E-state index is 12.2. The van der Waals surface area contributed by atoms with Crippen molar-refractivity contribution in [2.45, 2.75) is 19.8 Å². The number of aromatic carboxylic acids is 1. The number of benzene rings is 1. The van der Waals surface area contributed by atoms with E-state index in [9.17, 15) is 9.59 Å². The van der Waals surface area contributed by atoms with Gasteiger partial charge in [0.15, 0.2) is 5.65 Å². The topological polar surface area (TPSA) is 96.6 Å². The highest BCUT2D eigenvalue weighted by Crippen LogP contribution is 2.10. The standard InChI is InChI=1S/C18H18N4O3/c1-12-9-13(11-14(10-12)18(24)25)17(23)19-7-4-6-16-21-20-15-5-2-3-8-22(15)16/h2-3,5,8-11H,4,6-7H2,1H3,(H,19,23)(H,24,25). The molecular weight excluding hydrogens is 320 g/mol. The number of aromatic nitrogens is 3. The predicted octanol–water partition coefficient (Wildman–Crippen LogP) is 2.10. The monoisotopic (exact) mass is 338 g/mol. The number of hydrogen-bond acceptors (Lipinski definition) is 4. The van der Waals surface area contributed by atoms with Crippen molar-refractivity contribution in [3.05, 3.63) is 65.1 Å². The molecule has 1 amide bonds. The molecule has 1 aromatic carbocycles. The van der Waals surface area contributed by atoms with Crippen LogP contribution in [0.2, 0.25) is 0 Å². The van der Waals surface area contributed by atoms with Crippen LogP contribution in [0.3, 0.4) is 0 Å². The summed E-state index contributed by atoms with van der Waals surface area (Å²) < 4.78 is 1.92. The number of carboxylic acids is 1. The molecule has 0 fully saturated rings. The lowest BCUT2D eigenvalue weighted by Gasteiger charge is -2.07. The van der Waals surface area contributed by atoms with Gasteiger partial charge in [0.2, 0.25) is 0 Å². The molecule has 7 heteroatoms. The van der Waals surface area contributed by atoms with Crippen LogP contribution in [0.4, 0.5) is 0 Å². The number of hydrogen-bond donors (Lipinski definition) is 2. The minimum Gasteiger partial charge on any atom is -0.478 e. The zero-order valence-corrected chi connectivity index (χ0v) is 13.8. The summed E-state index contributed by atoms with van der Waals surface area (Å²) in [7, 11) is 0. The van der Waals surface area contributed by atoms with Crippen molar-refractivity contribution in [2.75, 3.05) is 6.54 Å². The van der Waals surface area contributed by atoms with Gasteiger partial charge in [-0.25, -0.2) is 4.79 Å². The number of rotatable bonds is 6. The van der Waals surface area contributed by atoms with E-state index in [0.29, 0.717) is 24.9 Å². The van der Waals surface area contributed by atoms with E-state index >= 15 is 0 Å². The van der Waals surface area contributed by atoms with Crippen molar-refractivity contribution in [3.8, 4) is 0 Å². The average molecular weight is 338 g/mol. The Labute approximate surface area is 144 Å². The van der Waals surface area contributed by atoms with Crippen molar-refractivity contribution < 1.29 is 14.7 Å². The van der Waals surface area contributed by atoms with Crippen molar-refractivity contribution in [1.82, 2.24) is 19.9 Å². The molecule has 0 atom stereocenters. The van der Waals surface area contributed by atoms with Crippen LogP contribution in [0.5, 0.6) is 0 Å². The van der Waals surface area contributed by atoms with Gasteiger partial charge in [-0.3, -0.25) is 9.20 Å². The van der Waals surface area contributed by atoms with Crippen LogP contribution >= 0.6 is 0 Å². The quantitative estimate of drug-likeness (QED) is 0.671. The fourth-order valence-corrected chi connectivity index (χ4v) is 2.65. The van der Waals surface area contributed by atoms with Gasteiger partial charge >= 0.3 is 5.97 Å². The third-order valence-corrected chi connectivity index (χ3v) is 3.83. The number of pyridine rings is 1. The Bertz CT molecular complexity index is 933. The van der Waals surface area contributed by atoms with Crippen LogP contribution in [-0.2, 0) is 6.42 Å². The van der Waals surface area contributed by atoms with Crippen LogP contribution in [0.15, 0.2) is 42.6 Å². The highest BCUT2D eigenvalue weighted by molar-refractivity contribution is 5.97. The van der Waals surface area contributed by atoms with Gasteiger partial charge in [-0.15, -0.1) is 10.2 Å². The summed E-state index contributed by atoms with van der Waals surface area (Å²) in [5, 5.41) is 20.1. The van der Waals surface area contributed by atoms with Gasteiger partial charge in [0.1, 0.15) is 5.82 Å². The molecule has 0 bridgehead atoms. The second kappa shape index (κ2) is 7.12. The Morgan fingerprint density at radius 2 is 1.96 bits per heavy atom. The van der Waals surface area contributed by atoms with E-state index in [0.717, 1.165) is 17.0 Å².